The Morgan fingerprint density at radius 3 is 2.00 bits per heavy atom. The number of carbonyl (C=O) groups is 1. The molecule has 2 rings (SSSR count). The van der Waals surface area contributed by atoms with Gasteiger partial charge in [-0.3, -0.25) is 9.10 Å². The molecule has 1 N–H and O–H groups in total. The molecule has 1 amide bonds. The van der Waals surface area contributed by atoms with Crippen LogP contribution in [0.4, 0.5) is 14.5 Å². The van der Waals surface area contributed by atoms with Gasteiger partial charge in [0, 0.05) is 6.54 Å². The maximum atomic E-state index is 13.2. The molecule has 2 aromatic rings. The lowest BCUT2D eigenvalue weighted by atomic mass is 10.1. The molecule has 0 heterocycles. The molecule has 0 aliphatic rings. The molecule has 5 nitrogen and oxygen atoms in total. The van der Waals surface area contributed by atoms with Gasteiger partial charge in [-0.25, -0.2) is 17.2 Å². The molecular formula is C18H20F2N2O3S. The number of hydrogen-bond acceptors (Lipinski definition) is 3. The first-order valence-electron chi connectivity index (χ1n) is 7.99. The smallest absolute Gasteiger partial charge is 0.244 e. The molecule has 2 aromatic carbocycles. The van der Waals surface area contributed by atoms with E-state index < -0.39 is 27.8 Å². The van der Waals surface area contributed by atoms with E-state index in [1.54, 1.807) is 6.92 Å². The topological polar surface area (TPSA) is 66.5 Å². The highest BCUT2D eigenvalue weighted by Gasteiger charge is 2.31. The van der Waals surface area contributed by atoms with Gasteiger partial charge in [-0.2, -0.15) is 0 Å². The highest BCUT2D eigenvalue weighted by atomic mass is 32.2. The Morgan fingerprint density at radius 1 is 1.04 bits per heavy atom. The largest absolute Gasteiger partial charge is 0.350 e. The second-order valence-electron chi connectivity index (χ2n) is 5.80. The zero-order chi connectivity index (χ0) is 19.3. The van der Waals surface area contributed by atoms with Crippen molar-refractivity contribution in [3.8, 4) is 0 Å². The summed E-state index contributed by atoms with van der Waals surface area (Å²) in [5, 5.41) is 2.66. The minimum atomic E-state index is -3.78. The Morgan fingerprint density at radius 2 is 1.54 bits per heavy atom. The molecule has 1 atom stereocenters. The van der Waals surface area contributed by atoms with Gasteiger partial charge in [0.25, 0.3) is 0 Å². The van der Waals surface area contributed by atoms with Gasteiger partial charge in [0.05, 0.1) is 11.9 Å². The van der Waals surface area contributed by atoms with Crippen molar-refractivity contribution in [1.29, 1.82) is 0 Å². The van der Waals surface area contributed by atoms with E-state index in [0.717, 1.165) is 22.7 Å². The molecule has 0 bridgehead atoms. The van der Waals surface area contributed by atoms with Gasteiger partial charge < -0.3 is 5.32 Å². The highest BCUT2D eigenvalue weighted by molar-refractivity contribution is 7.92. The average Bonchev–Trinajstić information content (AvgIpc) is 2.59. The van der Waals surface area contributed by atoms with Crippen molar-refractivity contribution < 1.29 is 22.0 Å². The minimum Gasteiger partial charge on any atom is -0.350 e. The van der Waals surface area contributed by atoms with Crippen LogP contribution in [0.2, 0.25) is 0 Å². The van der Waals surface area contributed by atoms with Crippen LogP contribution in [0.3, 0.4) is 0 Å². The molecule has 140 valence electrons. The number of nitrogens with zero attached hydrogens (tertiary/aromatic N) is 1. The first kappa shape index (κ1) is 19.8. The van der Waals surface area contributed by atoms with E-state index in [-0.39, 0.29) is 24.5 Å². The van der Waals surface area contributed by atoms with Gasteiger partial charge in [0.1, 0.15) is 17.7 Å². The lowest BCUT2D eigenvalue weighted by Gasteiger charge is -2.30. The second-order valence-corrected chi connectivity index (χ2v) is 7.66. The van der Waals surface area contributed by atoms with E-state index in [4.69, 9.17) is 0 Å². The molecule has 0 unspecified atom stereocenters. The summed E-state index contributed by atoms with van der Waals surface area (Å²) in [4.78, 5) is 12.6. The van der Waals surface area contributed by atoms with Gasteiger partial charge in [0.15, 0.2) is 0 Å². The van der Waals surface area contributed by atoms with Gasteiger partial charge in [0.2, 0.25) is 15.9 Å². The third kappa shape index (κ3) is 5.01. The molecule has 0 spiro atoms. The Bertz CT molecular complexity index is 853. The summed E-state index contributed by atoms with van der Waals surface area (Å²) in [5.74, 6) is -1.38. The van der Waals surface area contributed by atoms with E-state index in [2.05, 4.69) is 5.32 Å². The molecular weight excluding hydrogens is 362 g/mol. The van der Waals surface area contributed by atoms with Crippen LogP contribution in [0.5, 0.6) is 0 Å². The summed E-state index contributed by atoms with van der Waals surface area (Å²) in [5.41, 5.74) is 0.889. The monoisotopic (exact) mass is 382 g/mol. The molecule has 0 radical (unpaired) electrons. The maximum Gasteiger partial charge on any atom is 0.244 e. The third-order valence-corrected chi connectivity index (χ3v) is 4.97. The van der Waals surface area contributed by atoms with E-state index in [0.29, 0.717) is 5.56 Å². The van der Waals surface area contributed by atoms with Crippen LogP contribution in [0.25, 0.3) is 0 Å². The maximum absolute atomic E-state index is 13.2. The predicted octanol–water partition coefficient (Wildman–Crippen LogP) is 2.83. The second kappa shape index (κ2) is 8.27. The summed E-state index contributed by atoms with van der Waals surface area (Å²) < 4.78 is 51.6. The number of hydrogen-bond donors (Lipinski definition) is 1. The lowest BCUT2D eigenvalue weighted by Crippen LogP contribution is -2.49. The van der Waals surface area contributed by atoms with Crippen molar-refractivity contribution in [2.45, 2.75) is 25.9 Å². The van der Waals surface area contributed by atoms with Crippen LogP contribution < -0.4 is 9.62 Å². The Hall–Kier alpha value is -2.48. The number of benzene rings is 2. The lowest BCUT2D eigenvalue weighted by molar-refractivity contribution is -0.122. The fourth-order valence-electron chi connectivity index (χ4n) is 2.56. The summed E-state index contributed by atoms with van der Waals surface area (Å²) >= 11 is 0. The molecule has 0 saturated carbocycles. The normalized spacial score (nSPS) is 12.5. The zero-order valence-corrected chi connectivity index (χ0v) is 15.3. The fourth-order valence-corrected chi connectivity index (χ4v) is 3.77. The zero-order valence-electron chi connectivity index (χ0n) is 14.4. The van der Waals surface area contributed by atoms with Crippen LogP contribution in [0.15, 0.2) is 48.5 Å². The minimum absolute atomic E-state index is 0.136. The number of anilines is 1. The van der Waals surface area contributed by atoms with Crippen molar-refractivity contribution in [2.24, 2.45) is 0 Å². The number of carbonyl (C=O) groups excluding carboxylic acids is 1. The van der Waals surface area contributed by atoms with Crippen LogP contribution >= 0.6 is 0 Å². The van der Waals surface area contributed by atoms with E-state index in [1.165, 1.54) is 36.4 Å². The first-order chi connectivity index (χ1) is 12.2. The van der Waals surface area contributed by atoms with Crippen molar-refractivity contribution >= 4 is 21.6 Å². The van der Waals surface area contributed by atoms with Gasteiger partial charge in [-0.05, 0) is 48.4 Å². The predicted molar refractivity (Wildman–Crippen MR) is 96.0 cm³/mol. The summed E-state index contributed by atoms with van der Waals surface area (Å²) in [6, 6.07) is 9.53. The van der Waals surface area contributed by atoms with Crippen molar-refractivity contribution in [3.63, 3.8) is 0 Å². The van der Waals surface area contributed by atoms with E-state index in [9.17, 15) is 22.0 Å². The molecule has 0 aliphatic carbocycles. The molecule has 26 heavy (non-hydrogen) atoms. The number of amides is 1. The number of halogens is 2. The number of nitrogens with one attached hydrogen (secondary N) is 1. The Labute approximate surface area is 151 Å². The number of rotatable bonds is 7. The highest BCUT2D eigenvalue weighted by Crippen LogP contribution is 2.22. The van der Waals surface area contributed by atoms with Crippen molar-refractivity contribution in [3.05, 3.63) is 65.7 Å². The average molecular weight is 382 g/mol. The number of sulfonamides is 1. The van der Waals surface area contributed by atoms with Gasteiger partial charge in [-0.1, -0.05) is 19.1 Å². The SMILES string of the molecule is CC[C@H](C(=O)NCc1ccc(F)cc1)N(c1ccc(F)cc1)S(C)(=O)=O. The van der Waals surface area contributed by atoms with Crippen LogP contribution in [-0.2, 0) is 21.4 Å². The molecule has 0 fully saturated rings. The third-order valence-electron chi connectivity index (χ3n) is 3.79. The quantitative estimate of drug-likeness (QED) is 0.801. The van der Waals surface area contributed by atoms with Crippen molar-refractivity contribution in [1.82, 2.24) is 5.32 Å². The molecule has 8 heteroatoms. The molecule has 0 aliphatic heterocycles. The van der Waals surface area contributed by atoms with E-state index in [1.807, 2.05) is 0 Å². The van der Waals surface area contributed by atoms with Crippen LogP contribution in [0, 0.1) is 11.6 Å². The van der Waals surface area contributed by atoms with Crippen molar-refractivity contribution in [2.75, 3.05) is 10.6 Å². The summed E-state index contributed by atoms with van der Waals surface area (Å²) in [7, 11) is -3.78. The summed E-state index contributed by atoms with van der Waals surface area (Å²) in [6.07, 6.45) is 1.21. The van der Waals surface area contributed by atoms with Gasteiger partial charge >= 0.3 is 0 Å². The molecule has 0 saturated heterocycles. The fraction of sp³-hybridized carbons (Fsp3) is 0.278. The van der Waals surface area contributed by atoms with Gasteiger partial charge in [-0.15, -0.1) is 0 Å². The van der Waals surface area contributed by atoms with E-state index >= 15 is 0 Å². The van der Waals surface area contributed by atoms with Crippen LogP contribution in [-0.4, -0.2) is 26.6 Å². The Kier molecular flexibility index (Phi) is 6.31. The molecule has 0 aromatic heterocycles. The Balaban J connectivity index is 2.22. The standard InChI is InChI=1S/C18H20F2N2O3S/c1-3-17(18(23)21-12-13-4-6-14(19)7-5-13)22(26(2,24)25)16-10-8-15(20)9-11-16/h4-11,17H,3,12H2,1-2H3,(H,21,23)/t17-/m1/s1. The summed E-state index contributed by atoms with van der Waals surface area (Å²) in [6.45, 7) is 1.82. The first-order valence-corrected chi connectivity index (χ1v) is 9.84. The van der Waals surface area contributed by atoms with Crippen LogP contribution in [0.1, 0.15) is 18.9 Å².